The smallest absolute Gasteiger partial charge is 0.261 e. The highest BCUT2D eigenvalue weighted by Crippen LogP contribution is 2.30. The molecule has 2 N–H and O–H groups in total. The van der Waals surface area contributed by atoms with Gasteiger partial charge in [-0.15, -0.1) is 0 Å². The van der Waals surface area contributed by atoms with Gasteiger partial charge >= 0.3 is 0 Å². The first-order valence-electron chi connectivity index (χ1n) is 7.61. The van der Waals surface area contributed by atoms with Gasteiger partial charge in [0.15, 0.2) is 5.13 Å². The lowest BCUT2D eigenvalue weighted by Crippen LogP contribution is -2.13. The zero-order chi connectivity index (χ0) is 18.0. The normalized spacial score (nSPS) is 10.5. The summed E-state index contributed by atoms with van der Waals surface area (Å²) in [6.07, 6.45) is 0. The molecule has 0 fully saturated rings. The maximum atomic E-state index is 12.6. The number of aromatic nitrogens is 1. The summed E-state index contributed by atoms with van der Waals surface area (Å²) in [6, 6.07) is 10.8. The summed E-state index contributed by atoms with van der Waals surface area (Å²) in [5, 5.41) is 6.03. The third-order valence-electron chi connectivity index (χ3n) is 3.59. The second kappa shape index (κ2) is 6.90. The summed E-state index contributed by atoms with van der Waals surface area (Å²) in [6.45, 7) is 3.34. The molecule has 2 aromatic carbocycles. The fourth-order valence-corrected chi connectivity index (χ4v) is 3.43. The van der Waals surface area contributed by atoms with Crippen molar-refractivity contribution in [3.05, 3.63) is 47.5 Å². The van der Waals surface area contributed by atoms with E-state index in [-0.39, 0.29) is 11.8 Å². The molecule has 0 unspecified atom stereocenters. The summed E-state index contributed by atoms with van der Waals surface area (Å²) in [7, 11) is 1.54. The Balaban J connectivity index is 1.86. The topological polar surface area (TPSA) is 80.3 Å². The number of hydrogen-bond donors (Lipinski definition) is 2. The molecule has 0 spiro atoms. The van der Waals surface area contributed by atoms with Crippen LogP contribution in [-0.4, -0.2) is 23.9 Å². The van der Waals surface area contributed by atoms with Gasteiger partial charge in [0.1, 0.15) is 5.75 Å². The van der Waals surface area contributed by atoms with Gasteiger partial charge in [0, 0.05) is 12.6 Å². The first-order valence-corrected chi connectivity index (χ1v) is 8.42. The van der Waals surface area contributed by atoms with Crippen molar-refractivity contribution in [3.8, 4) is 5.75 Å². The van der Waals surface area contributed by atoms with E-state index in [1.807, 2.05) is 25.1 Å². The van der Waals surface area contributed by atoms with Crippen LogP contribution in [0.15, 0.2) is 36.4 Å². The van der Waals surface area contributed by atoms with Crippen molar-refractivity contribution in [1.29, 1.82) is 0 Å². The molecule has 0 saturated carbocycles. The molecular weight excluding hydrogens is 338 g/mol. The lowest BCUT2D eigenvalue weighted by Gasteiger charge is -2.10. The van der Waals surface area contributed by atoms with E-state index in [4.69, 9.17) is 4.74 Å². The van der Waals surface area contributed by atoms with Crippen molar-refractivity contribution in [2.75, 3.05) is 17.7 Å². The standard InChI is InChI=1S/C18H17N3O3S/c1-10-5-4-6-13(16(10)24-3)17(23)21-18-20-14-8-7-12(19-11(2)22)9-15(14)25-18/h4-9H,1-3H3,(H,19,22)(H,20,21,23). The van der Waals surface area contributed by atoms with Gasteiger partial charge < -0.3 is 10.1 Å². The Hall–Kier alpha value is -2.93. The molecule has 1 aromatic heterocycles. The quantitative estimate of drug-likeness (QED) is 0.745. The minimum atomic E-state index is -0.276. The molecule has 6 nitrogen and oxygen atoms in total. The molecule has 1 heterocycles. The number of fused-ring (bicyclic) bond motifs is 1. The van der Waals surface area contributed by atoms with Crippen LogP contribution in [0.4, 0.5) is 10.8 Å². The van der Waals surface area contributed by atoms with Crippen molar-refractivity contribution in [2.45, 2.75) is 13.8 Å². The third kappa shape index (κ3) is 3.61. The number of carbonyl (C=O) groups is 2. The summed E-state index contributed by atoms with van der Waals surface area (Å²) in [4.78, 5) is 28.1. The molecule has 128 valence electrons. The number of benzene rings is 2. The largest absolute Gasteiger partial charge is 0.496 e. The Labute approximate surface area is 148 Å². The van der Waals surface area contributed by atoms with Gasteiger partial charge in [0.05, 0.1) is 22.9 Å². The monoisotopic (exact) mass is 355 g/mol. The predicted octanol–water partition coefficient (Wildman–Crippen LogP) is 3.82. The van der Waals surface area contributed by atoms with Gasteiger partial charge in [-0.05, 0) is 36.8 Å². The number of rotatable bonds is 4. The van der Waals surface area contributed by atoms with Crippen LogP contribution < -0.4 is 15.4 Å². The van der Waals surface area contributed by atoms with E-state index in [1.165, 1.54) is 18.3 Å². The Bertz CT molecular complexity index is 965. The van der Waals surface area contributed by atoms with Gasteiger partial charge in [-0.25, -0.2) is 4.98 Å². The average Bonchev–Trinajstić information content (AvgIpc) is 2.95. The van der Waals surface area contributed by atoms with Crippen molar-refractivity contribution < 1.29 is 14.3 Å². The number of methoxy groups -OCH3 is 1. The molecular formula is C18H17N3O3S. The number of hydrogen-bond acceptors (Lipinski definition) is 5. The number of carbonyl (C=O) groups excluding carboxylic acids is 2. The van der Waals surface area contributed by atoms with Gasteiger partial charge in [-0.2, -0.15) is 0 Å². The van der Waals surface area contributed by atoms with E-state index < -0.39 is 0 Å². The van der Waals surface area contributed by atoms with Gasteiger partial charge in [-0.1, -0.05) is 23.5 Å². The van der Waals surface area contributed by atoms with Crippen LogP contribution in [0, 0.1) is 6.92 Å². The second-order valence-corrected chi connectivity index (χ2v) is 6.52. The molecule has 0 bridgehead atoms. The number of anilines is 2. The van der Waals surface area contributed by atoms with Crippen molar-refractivity contribution in [2.24, 2.45) is 0 Å². The summed E-state index contributed by atoms with van der Waals surface area (Å²) >= 11 is 1.34. The van der Waals surface area contributed by atoms with Crippen LogP contribution in [0.3, 0.4) is 0 Å². The predicted molar refractivity (Wildman–Crippen MR) is 99.6 cm³/mol. The molecule has 0 aliphatic heterocycles. The number of nitrogens with one attached hydrogen (secondary N) is 2. The molecule has 7 heteroatoms. The molecule has 0 radical (unpaired) electrons. The zero-order valence-electron chi connectivity index (χ0n) is 14.0. The molecule has 0 atom stereocenters. The molecule has 0 saturated heterocycles. The van der Waals surface area contributed by atoms with E-state index >= 15 is 0 Å². The molecule has 25 heavy (non-hydrogen) atoms. The van der Waals surface area contributed by atoms with E-state index in [1.54, 1.807) is 25.3 Å². The van der Waals surface area contributed by atoms with Crippen molar-refractivity contribution in [3.63, 3.8) is 0 Å². The minimum absolute atomic E-state index is 0.135. The number of thiazole rings is 1. The maximum Gasteiger partial charge on any atom is 0.261 e. The van der Waals surface area contributed by atoms with E-state index in [0.717, 1.165) is 15.8 Å². The van der Waals surface area contributed by atoms with Gasteiger partial charge in [0.25, 0.3) is 5.91 Å². The van der Waals surface area contributed by atoms with Gasteiger partial charge in [0.2, 0.25) is 5.91 Å². The first-order chi connectivity index (χ1) is 12.0. The van der Waals surface area contributed by atoms with Crippen LogP contribution in [0.5, 0.6) is 5.75 Å². The third-order valence-corrected chi connectivity index (χ3v) is 4.52. The van der Waals surface area contributed by atoms with Crippen LogP contribution >= 0.6 is 11.3 Å². The Kier molecular flexibility index (Phi) is 4.67. The van der Waals surface area contributed by atoms with E-state index in [9.17, 15) is 9.59 Å². The number of aryl methyl sites for hydroxylation is 1. The van der Waals surface area contributed by atoms with Crippen LogP contribution in [0.25, 0.3) is 10.2 Å². The van der Waals surface area contributed by atoms with Crippen molar-refractivity contribution >= 4 is 44.2 Å². The fraction of sp³-hybridized carbons (Fsp3) is 0.167. The molecule has 3 rings (SSSR count). The number of ether oxygens (including phenoxy) is 1. The number of nitrogens with zero attached hydrogens (tertiary/aromatic N) is 1. The summed E-state index contributed by atoms with van der Waals surface area (Å²) < 4.78 is 6.20. The van der Waals surface area contributed by atoms with E-state index in [2.05, 4.69) is 15.6 Å². The zero-order valence-corrected chi connectivity index (χ0v) is 14.9. The van der Waals surface area contributed by atoms with Gasteiger partial charge in [-0.3, -0.25) is 14.9 Å². The van der Waals surface area contributed by atoms with E-state index in [0.29, 0.717) is 22.1 Å². The van der Waals surface area contributed by atoms with Crippen LogP contribution in [0.2, 0.25) is 0 Å². The highest BCUT2D eigenvalue weighted by molar-refractivity contribution is 7.22. The Morgan fingerprint density at radius 3 is 2.68 bits per heavy atom. The molecule has 2 amide bonds. The number of amides is 2. The fourth-order valence-electron chi connectivity index (χ4n) is 2.53. The lowest BCUT2D eigenvalue weighted by molar-refractivity contribution is -0.114. The maximum absolute atomic E-state index is 12.6. The highest BCUT2D eigenvalue weighted by Gasteiger charge is 2.16. The summed E-state index contributed by atoms with van der Waals surface area (Å²) in [5.74, 6) is 0.139. The average molecular weight is 355 g/mol. The molecule has 3 aromatic rings. The SMILES string of the molecule is COc1c(C)cccc1C(=O)Nc1nc2ccc(NC(C)=O)cc2s1. The summed E-state index contributed by atoms with van der Waals surface area (Å²) in [5.41, 5.74) is 2.80. The Morgan fingerprint density at radius 2 is 1.96 bits per heavy atom. The highest BCUT2D eigenvalue weighted by atomic mass is 32.1. The second-order valence-electron chi connectivity index (χ2n) is 5.49. The lowest BCUT2D eigenvalue weighted by atomic mass is 10.1. The number of para-hydroxylation sites is 1. The minimum Gasteiger partial charge on any atom is -0.496 e. The Morgan fingerprint density at radius 1 is 1.16 bits per heavy atom. The van der Waals surface area contributed by atoms with Crippen LogP contribution in [0.1, 0.15) is 22.8 Å². The molecule has 0 aliphatic carbocycles. The first kappa shape index (κ1) is 16.9. The molecule has 0 aliphatic rings. The van der Waals surface area contributed by atoms with Crippen molar-refractivity contribution in [1.82, 2.24) is 4.98 Å². The van der Waals surface area contributed by atoms with Crippen LogP contribution in [-0.2, 0) is 4.79 Å².